The van der Waals surface area contributed by atoms with Crippen molar-refractivity contribution in [1.82, 2.24) is 19.6 Å². The monoisotopic (exact) mass is 277 g/mol. The van der Waals surface area contributed by atoms with E-state index >= 15 is 0 Å². The number of aromatic amines is 1. The summed E-state index contributed by atoms with van der Waals surface area (Å²) in [7, 11) is 0. The topological polar surface area (TPSA) is 95.3 Å². The van der Waals surface area contributed by atoms with Crippen molar-refractivity contribution in [3.63, 3.8) is 0 Å². The number of aliphatic hydroxyl groups is 1. The number of nitrogens with zero attached hydrogens (tertiary/aromatic N) is 3. The van der Waals surface area contributed by atoms with Crippen molar-refractivity contribution in [2.24, 2.45) is 0 Å². The van der Waals surface area contributed by atoms with Crippen LogP contribution < -0.4 is 11.0 Å². The third-order valence-corrected chi connectivity index (χ3v) is 2.42. The molecular weight excluding hydrogens is 267 g/mol. The van der Waals surface area contributed by atoms with E-state index in [4.69, 9.17) is 5.11 Å². The molecule has 19 heavy (non-hydrogen) atoms. The molecule has 0 spiro atoms. The molecule has 0 saturated carbocycles. The number of fused-ring (bicyclic) bond motifs is 1. The van der Waals surface area contributed by atoms with E-state index in [2.05, 4.69) is 20.5 Å². The van der Waals surface area contributed by atoms with E-state index in [1.54, 1.807) is 0 Å². The van der Waals surface area contributed by atoms with Gasteiger partial charge in [-0.25, -0.2) is 19.3 Å². The van der Waals surface area contributed by atoms with Crippen molar-refractivity contribution >= 4 is 11.5 Å². The number of alkyl halides is 3. The quantitative estimate of drug-likeness (QED) is 0.737. The first-order chi connectivity index (χ1) is 8.79. The molecule has 10 heteroatoms. The molecule has 1 atom stereocenters. The van der Waals surface area contributed by atoms with Gasteiger partial charge in [0.2, 0.25) is 0 Å². The largest absolute Gasteiger partial charge is 0.416 e. The molecule has 0 saturated heterocycles. The average Bonchev–Trinajstić information content (AvgIpc) is 2.67. The average molecular weight is 277 g/mol. The summed E-state index contributed by atoms with van der Waals surface area (Å²) in [6.45, 7) is 0.774. The lowest BCUT2D eigenvalue weighted by Crippen LogP contribution is -2.35. The molecule has 0 aliphatic rings. The van der Waals surface area contributed by atoms with Gasteiger partial charge in [0, 0.05) is 6.07 Å². The normalized spacial score (nSPS) is 13.7. The third kappa shape index (κ3) is 2.67. The van der Waals surface area contributed by atoms with E-state index in [1.807, 2.05) is 0 Å². The van der Waals surface area contributed by atoms with Crippen LogP contribution in [0.25, 0.3) is 5.65 Å². The second-order valence-corrected chi connectivity index (χ2v) is 3.85. The third-order valence-electron chi connectivity index (χ3n) is 2.42. The first-order valence-electron chi connectivity index (χ1n) is 5.22. The van der Waals surface area contributed by atoms with Gasteiger partial charge in [0.25, 0.3) is 0 Å². The lowest BCUT2D eigenvalue weighted by atomic mass is 10.3. The fourth-order valence-electron chi connectivity index (χ4n) is 1.51. The minimum atomic E-state index is -4.70. The molecule has 104 valence electrons. The molecule has 2 aromatic heterocycles. The Morgan fingerprint density at radius 3 is 2.89 bits per heavy atom. The van der Waals surface area contributed by atoms with Gasteiger partial charge in [-0.1, -0.05) is 0 Å². The highest BCUT2D eigenvalue weighted by atomic mass is 19.4. The first-order valence-corrected chi connectivity index (χ1v) is 5.22. The maximum absolute atomic E-state index is 12.1. The fraction of sp³-hybridized carbons (Fsp3) is 0.444. The van der Waals surface area contributed by atoms with E-state index in [0.717, 1.165) is 0 Å². The molecule has 0 amide bonds. The van der Waals surface area contributed by atoms with E-state index in [-0.39, 0.29) is 17.3 Å². The van der Waals surface area contributed by atoms with Gasteiger partial charge in [-0.2, -0.15) is 18.3 Å². The van der Waals surface area contributed by atoms with Gasteiger partial charge in [0.1, 0.15) is 11.6 Å². The Bertz CT molecular complexity index is 647. The number of hydrogen-bond acceptors (Lipinski definition) is 5. The van der Waals surface area contributed by atoms with Crippen molar-refractivity contribution in [3.05, 3.63) is 22.4 Å². The number of halogens is 3. The van der Waals surface area contributed by atoms with Crippen LogP contribution in [-0.2, 0) is 0 Å². The highest BCUT2D eigenvalue weighted by molar-refractivity contribution is 5.49. The summed E-state index contributed by atoms with van der Waals surface area (Å²) >= 11 is 0. The van der Waals surface area contributed by atoms with E-state index in [9.17, 15) is 18.0 Å². The number of aromatic nitrogens is 4. The van der Waals surface area contributed by atoms with Gasteiger partial charge in [-0.05, 0) is 6.92 Å². The van der Waals surface area contributed by atoms with Gasteiger partial charge in [0.15, 0.2) is 11.8 Å². The minimum absolute atomic E-state index is 0.0901. The Kier molecular flexibility index (Phi) is 3.18. The molecule has 2 aromatic rings. The Balaban J connectivity index is 2.21. The predicted octanol–water partition coefficient (Wildman–Crippen LogP) is 0.0611. The number of nitrogens with one attached hydrogen (secondary N) is 2. The van der Waals surface area contributed by atoms with E-state index < -0.39 is 24.5 Å². The maximum Gasteiger partial charge on any atom is 0.416 e. The Labute approximate surface area is 104 Å². The molecule has 2 rings (SSSR count). The zero-order valence-electron chi connectivity index (χ0n) is 9.69. The number of H-pyrrole nitrogens is 1. The summed E-state index contributed by atoms with van der Waals surface area (Å²) in [5.74, 6) is 0.354. The Morgan fingerprint density at radius 2 is 2.26 bits per heavy atom. The van der Waals surface area contributed by atoms with Crippen LogP contribution in [0, 0.1) is 6.92 Å². The standard InChI is InChI=1S/C9H10F3N5O2/c1-4-14-6(13-3-5(18)9(10,11)12)2-7-15-16-8(19)17(4)7/h2,5,13,18H,3H2,1H3,(H,16,19). The molecule has 0 aromatic carbocycles. The van der Waals surface area contributed by atoms with Crippen molar-refractivity contribution in [2.75, 3.05) is 11.9 Å². The molecule has 0 aliphatic heterocycles. The summed E-state index contributed by atoms with van der Waals surface area (Å²) in [5, 5.41) is 17.1. The Morgan fingerprint density at radius 1 is 1.58 bits per heavy atom. The smallest absolute Gasteiger partial charge is 0.382 e. The molecule has 0 fully saturated rings. The van der Waals surface area contributed by atoms with E-state index in [0.29, 0.717) is 0 Å². The second-order valence-electron chi connectivity index (χ2n) is 3.85. The first kappa shape index (κ1) is 13.3. The molecule has 7 nitrogen and oxygen atoms in total. The summed E-state index contributed by atoms with van der Waals surface area (Å²) < 4.78 is 37.5. The highest BCUT2D eigenvalue weighted by Crippen LogP contribution is 2.20. The lowest BCUT2D eigenvalue weighted by Gasteiger charge is -2.15. The zero-order chi connectivity index (χ0) is 14.2. The minimum Gasteiger partial charge on any atom is -0.382 e. The number of rotatable bonds is 3. The highest BCUT2D eigenvalue weighted by Gasteiger charge is 2.37. The number of aryl methyl sites for hydroxylation is 1. The van der Waals surface area contributed by atoms with Gasteiger partial charge < -0.3 is 10.4 Å². The van der Waals surface area contributed by atoms with Gasteiger partial charge in [-0.15, -0.1) is 0 Å². The molecular formula is C9H10F3N5O2. The fourth-order valence-corrected chi connectivity index (χ4v) is 1.51. The van der Waals surface area contributed by atoms with Crippen molar-refractivity contribution in [3.8, 4) is 0 Å². The van der Waals surface area contributed by atoms with Crippen LogP contribution in [0.3, 0.4) is 0 Å². The molecule has 1 unspecified atom stereocenters. The summed E-state index contributed by atoms with van der Waals surface area (Å²) in [4.78, 5) is 15.2. The van der Waals surface area contributed by atoms with Crippen LogP contribution in [-0.4, -0.2) is 43.5 Å². The van der Waals surface area contributed by atoms with Crippen LogP contribution in [0.15, 0.2) is 10.9 Å². The van der Waals surface area contributed by atoms with Gasteiger partial charge in [-0.3, -0.25) is 0 Å². The SMILES string of the molecule is Cc1nc(NCC(O)C(F)(F)F)cc2n[nH]c(=O)n12. The van der Waals surface area contributed by atoms with Crippen LogP contribution in [0.4, 0.5) is 19.0 Å². The van der Waals surface area contributed by atoms with Crippen molar-refractivity contribution < 1.29 is 18.3 Å². The zero-order valence-corrected chi connectivity index (χ0v) is 9.69. The predicted molar refractivity (Wildman–Crippen MR) is 58.9 cm³/mol. The van der Waals surface area contributed by atoms with Gasteiger partial charge >= 0.3 is 11.9 Å². The van der Waals surface area contributed by atoms with Crippen LogP contribution >= 0.6 is 0 Å². The number of anilines is 1. The van der Waals surface area contributed by atoms with Crippen molar-refractivity contribution in [2.45, 2.75) is 19.2 Å². The summed E-state index contributed by atoms with van der Waals surface area (Å²) in [5.41, 5.74) is -0.261. The van der Waals surface area contributed by atoms with Crippen LogP contribution in [0.5, 0.6) is 0 Å². The maximum atomic E-state index is 12.1. The molecule has 0 aliphatic carbocycles. The number of hydrogen-bond donors (Lipinski definition) is 3. The Hall–Kier alpha value is -2.10. The second kappa shape index (κ2) is 4.53. The molecule has 3 N–H and O–H groups in total. The lowest BCUT2D eigenvalue weighted by molar-refractivity contribution is -0.198. The summed E-state index contributed by atoms with van der Waals surface area (Å²) in [6.07, 6.45) is -7.19. The van der Waals surface area contributed by atoms with Gasteiger partial charge in [0.05, 0.1) is 6.54 Å². The van der Waals surface area contributed by atoms with E-state index in [1.165, 1.54) is 17.4 Å². The van der Waals surface area contributed by atoms with Crippen LogP contribution in [0.1, 0.15) is 5.82 Å². The molecule has 0 bridgehead atoms. The summed E-state index contributed by atoms with van der Waals surface area (Å²) in [6, 6.07) is 1.30. The molecule has 2 heterocycles. The molecule has 0 radical (unpaired) electrons. The van der Waals surface area contributed by atoms with Crippen LogP contribution in [0.2, 0.25) is 0 Å². The number of aliphatic hydroxyl groups excluding tert-OH is 1. The van der Waals surface area contributed by atoms with Crippen molar-refractivity contribution in [1.29, 1.82) is 0 Å².